The molecule has 0 radical (unpaired) electrons. The van der Waals surface area contributed by atoms with Crippen molar-refractivity contribution in [2.75, 3.05) is 13.1 Å². The van der Waals surface area contributed by atoms with Gasteiger partial charge in [0.05, 0.1) is 0 Å². The molecule has 3 nitrogen and oxygen atoms in total. The van der Waals surface area contributed by atoms with Crippen molar-refractivity contribution in [3.63, 3.8) is 0 Å². The predicted octanol–water partition coefficient (Wildman–Crippen LogP) is 1.83. The summed E-state index contributed by atoms with van der Waals surface area (Å²) in [6, 6.07) is 0.679. The van der Waals surface area contributed by atoms with E-state index in [1.54, 1.807) is 0 Å². The van der Waals surface area contributed by atoms with Crippen LogP contribution in [0.2, 0.25) is 0 Å². The first-order valence-corrected chi connectivity index (χ1v) is 5.72. The van der Waals surface area contributed by atoms with Gasteiger partial charge in [-0.05, 0) is 46.7 Å². The Morgan fingerprint density at radius 1 is 1.14 bits per heavy atom. The molecule has 2 saturated heterocycles. The molecule has 0 aromatic heterocycles. The molecule has 2 aliphatic rings. The van der Waals surface area contributed by atoms with Crippen molar-refractivity contribution in [1.29, 1.82) is 0 Å². The van der Waals surface area contributed by atoms with E-state index < -0.39 is 0 Å². The van der Waals surface area contributed by atoms with Gasteiger partial charge in [0.15, 0.2) is 12.6 Å². The van der Waals surface area contributed by atoms with E-state index in [1.807, 2.05) is 6.92 Å². The summed E-state index contributed by atoms with van der Waals surface area (Å²) in [5.41, 5.74) is 0. The van der Waals surface area contributed by atoms with Gasteiger partial charge in [0.25, 0.3) is 0 Å². The second-order valence-electron chi connectivity index (χ2n) is 4.68. The van der Waals surface area contributed by atoms with Gasteiger partial charge in [-0.2, -0.15) is 0 Å². The molecule has 3 heteroatoms. The first-order chi connectivity index (χ1) is 6.66. The van der Waals surface area contributed by atoms with E-state index in [2.05, 4.69) is 18.7 Å². The lowest BCUT2D eigenvalue weighted by Crippen LogP contribution is -2.48. The van der Waals surface area contributed by atoms with E-state index in [4.69, 9.17) is 9.47 Å². The standard InChI is InChI=1S/C11H21NO2/c1-8(2)12-6-4-10(5-7-12)11-13-9(3)14-11/h8-11H,4-7H2,1-3H3. The van der Waals surface area contributed by atoms with E-state index in [-0.39, 0.29) is 12.6 Å². The highest BCUT2D eigenvalue weighted by Gasteiger charge is 2.36. The zero-order valence-corrected chi connectivity index (χ0v) is 9.40. The number of hydrogen-bond donors (Lipinski definition) is 0. The fraction of sp³-hybridized carbons (Fsp3) is 1.00. The Balaban J connectivity index is 1.73. The molecule has 0 saturated carbocycles. The number of nitrogens with zero attached hydrogens (tertiary/aromatic N) is 1. The summed E-state index contributed by atoms with van der Waals surface area (Å²) in [6.07, 6.45) is 2.56. The number of ether oxygens (including phenoxy) is 2. The van der Waals surface area contributed by atoms with E-state index in [0.29, 0.717) is 12.0 Å². The van der Waals surface area contributed by atoms with Crippen LogP contribution in [0.25, 0.3) is 0 Å². The molecule has 0 aromatic rings. The molecule has 0 aliphatic carbocycles. The SMILES string of the molecule is CC1OC(C2CCN(C(C)C)CC2)O1. The van der Waals surface area contributed by atoms with Crippen molar-refractivity contribution in [2.45, 2.75) is 52.2 Å². The lowest BCUT2D eigenvalue weighted by Gasteiger charge is -2.43. The van der Waals surface area contributed by atoms with Gasteiger partial charge >= 0.3 is 0 Å². The average Bonchev–Trinajstić information content (AvgIpc) is 2.13. The maximum Gasteiger partial charge on any atom is 0.166 e. The van der Waals surface area contributed by atoms with Crippen LogP contribution in [0.4, 0.5) is 0 Å². The van der Waals surface area contributed by atoms with Crippen LogP contribution < -0.4 is 0 Å². The molecule has 0 spiro atoms. The Morgan fingerprint density at radius 2 is 1.71 bits per heavy atom. The Hall–Kier alpha value is -0.120. The lowest BCUT2D eigenvalue weighted by atomic mass is 9.95. The molecular weight excluding hydrogens is 178 g/mol. The quantitative estimate of drug-likeness (QED) is 0.677. The molecule has 2 fully saturated rings. The van der Waals surface area contributed by atoms with Crippen LogP contribution in [0.3, 0.4) is 0 Å². The van der Waals surface area contributed by atoms with Gasteiger partial charge in [-0.1, -0.05) is 0 Å². The van der Waals surface area contributed by atoms with Crippen molar-refractivity contribution in [3.8, 4) is 0 Å². The second-order valence-corrected chi connectivity index (χ2v) is 4.68. The van der Waals surface area contributed by atoms with Gasteiger partial charge in [-0.25, -0.2) is 0 Å². The molecule has 0 atom stereocenters. The summed E-state index contributed by atoms with van der Waals surface area (Å²) < 4.78 is 11.1. The van der Waals surface area contributed by atoms with Crippen LogP contribution in [0.1, 0.15) is 33.6 Å². The third-order valence-corrected chi connectivity index (χ3v) is 3.34. The zero-order valence-electron chi connectivity index (χ0n) is 9.40. The molecule has 0 aromatic carbocycles. The predicted molar refractivity (Wildman–Crippen MR) is 54.9 cm³/mol. The number of rotatable bonds is 2. The molecule has 0 bridgehead atoms. The van der Waals surface area contributed by atoms with Gasteiger partial charge in [-0.3, -0.25) is 0 Å². The van der Waals surface area contributed by atoms with Gasteiger partial charge in [0.1, 0.15) is 0 Å². The molecule has 0 N–H and O–H groups in total. The van der Waals surface area contributed by atoms with Crippen LogP contribution in [0, 0.1) is 5.92 Å². The van der Waals surface area contributed by atoms with Crippen LogP contribution >= 0.6 is 0 Å². The van der Waals surface area contributed by atoms with Crippen LogP contribution in [0.15, 0.2) is 0 Å². The van der Waals surface area contributed by atoms with Gasteiger partial charge in [-0.15, -0.1) is 0 Å². The summed E-state index contributed by atoms with van der Waals surface area (Å²) in [5, 5.41) is 0. The lowest BCUT2D eigenvalue weighted by molar-refractivity contribution is -0.394. The Bertz CT molecular complexity index is 182. The molecule has 82 valence electrons. The molecule has 0 unspecified atom stereocenters. The summed E-state index contributed by atoms with van der Waals surface area (Å²) >= 11 is 0. The van der Waals surface area contributed by atoms with Crippen LogP contribution in [0.5, 0.6) is 0 Å². The summed E-state index contributed by atoms with van der Waals surface area (Å²) in [7, 11) is 0. The van der Waals surface area contributed by atoms with Crippen molar-refractivity contribution >= 4 is 0 Å². The highest BCUT2D eigenvalue weighted by molar-refractivity contribution is 4.78. The van der Waals surface area contributed by atoms with Crippen LogP contribution in [-0.4, -0.2) is 36.6 Å². The Morgan fingerprint density at radius 3 is 2.14 bits per heavy atom. The van der Waals surface area contributed by atoms with E-state index >= 15 is 0 Å². The largest absolute Gasteiger partial charge is 0.324 e. The van der Waals surface area contributed by atoms with Crippen molar-refractivity contribution < 1.29 is 9.47 Å². The second kappa shape index (κ2) is 4.17. The Labute approximate surface area is 86.4 Å². The van der Waals surface area contributed by atoms with E-state index in [1.165, 1.54) is 25.9 Å². The Kier molecular flexibility index (Phi) is 3.10. The third kappa shape index (κ3) is 2.10. The first-order valence-electron chi connectivity index (χ1n) is 5.72. The first kappa shape index (κ1) is 10.4. The van der Waals surface area contributed by atoms with E-state index in [0.717, 1.165) is 0 Å². The summed E-state index contributed by atoms with van der Waals surface area (Å²) in [6.45, 7) is 8.87. The molecule has 0 amide bonds. The van der Waals surface area contributed by atoms with E-state index in [9.17, 15) is 0 Å². The third-order valence-electron chi connectivity index (χ3n) is 3.34. The molecule has 2 heterocycles. The highest BCUT2D eigenvalue weighted by Crippen LogP contribution is 2.30. The van der Waals surface area contributed by atoms with Gasteiger partial charge in [0.2, 0.25) is 0 Å². The molecule has 2 aliphatic heterocycles. The van der Waals surface area contributed by atoms with Gasteiger partial charge < -0.3 is 14.4 Å². The van der Waals surface area contributed by atoms with Gasteiger partial charge in [0, 0.05) is 12.0 Å². The normalized spacial score (nSPS) is 36.0. The molecule has 14 heavy (non-hydrogen) atoms. The highest BCUT2D eigenvalue weighted by atomic mass is 16.9. The monoisotopic (exact) mass is 199 g/mol. The fourth-order valence-electron chi connectivity index (χ4n) is 2.32. The number of piperidine rings is 1. The number of hydrogen-bond acceptors (Lipinski definition) is 3. The van der Waals surface area contributed by atoms with Crippen molar-refractivity contribution in [2.24, 2.45) is 5.92 Å². The minimum absolute atomic E-state index is 0.0307. The minimum atomic E-state index is 0.0307. The van der Waals surface area contributed by atoms with Crippen LogP contribution in [-0.2, 0) is 9.47 Å². The maximum atomic E-state index is 5.53. The summed E-state index contributed by atoms with van der Waals surface area (Å²) in [4.78, 5) is 2.53. The maximum absolute atomic E-state index is 5.53. The average molecular weight is 199 g/mol. The molecule has 2 rings (SSSR count). The number of likely N-dealkylation sites (tertiary alicyclic amines) is 1. The smallest absolute Gasteiger partial charge is 0.166 e. The van der Waals surface area contributed by atoms with Crippen molar-refractivity contribution in [1.82, 2.24) is 4.90 Å². The summed E-state index contributed by atoms with van der Waals surface area (Å²) in [5.74, 6) is 0.626. The van der Waals surface area contributed by atoms with Crippen molar-refractivity contribution in [3.05, 3.63) is 0 Å². The zero-order chi connectivity index (χ0) is 10.1. The minimum Gasteiger partial charge on any atom is -0.324 e. The molecular formula is C11H21NO2. The topological polar surface area (TPSA) is 21.7 Å². The fourth-order valence-corrected chi connectivity index (χ4v) is 2.32.